The van der Waals surface area contributed by atoms with Crippen LogP contribution >= 0.6 is 0 Å². The molecule has 0 aromatic rings. The van der Waals surface area contributed by atoms with Crippen LogP contribution in [0.1, 0.15) is 73.1 Å². The molecule has 1 heterocycles. The maximum Gasteiger partial charge on any atom is 0.136 e. The molecule has 17 heavy (non-hydrogen) atoms. The molecule has 0 aromatic carbocycles. The van der Waals surface area contributed by atoms with Crippen LogP contribution < -0.4 is 0 Å². The normalized spacial score (nSPS) is 35.2. The van der Waals surface area contributed by atoms with Crippen LogP contribution in [0, 0.1) is 0 Å². The quantitative estimate of drug-likeness (QED) is 0.727. The van der Waals surface area contributed by atoms with E-state index in [0.717, 1.165) is 45.1 Å². The minimum Gasteiger partial charge on any atom is -0.300 e. The van der Waals surface area contributed by atoms with Crippen LogP contribution in [-0.4, -0.2) is 28.3 Å². The van der Waals surface area contributed by atoms with Crippen molar-refractivity contribution < 1.29 is 4.79 Å². The number of ketones is 1. The Kier molecular flexibility index (Phi) is 4.77. The third-order valence-electron chi connectivity index (χ3n) is 4.35. The molecule has 0 radical (unpaired) electrons. The Morgan fingerprint density at radius 3 is 1.71 bits per heavy atom. The molecular formula is C15H29NO. The highest BCUT2D eigenvalue weighted by Crippen LogP contribution is 2.41. The van der Waals surface area contributed by atoms with Crippen molar-refractivity contribution in [2.75, 3.05) is 6.54 Å². The highest BCUT2D eigenvalue weighted by Gasteiger charge is 2.47. The molecule has 2 unspecified atom stereocenters. The van der Waals surface area contributed by atoms with Crippen LogP contribution in [0.5, 0.6) is 0 Å². The summed E-state index contributed by atoms with van der Waals surface area (Å²) in [6.07, 6.45) is 6.06. The van der Waals surface area contributed by atoms with Crippen LogP contribution in [0.2, 0.25) is 0 Å². The van der Waals surface area contributed by atoms with Gasteiger partial charge in [0.1, 0.15) is 5.78 Å². The fourth-order valence-electron chi connectivity index (χ4n) is 4.04. The second kappa shape index (κ2) is 5.51. The molecule has 0 N–H and O–H groups in total. The van der Waals surface area contributed by atoms with E-state index < -0.39 is 0 Å². The number of piperidine rings is 1. The number of rotatable bonds is 5. The summed E-state index contributed by atoms with van der Waals surface area (Å²) in [5.74, 6) is 0.460. The van der Waals surface area contributed by atoms with Crippen molar-refractivity contribution in [2.45, 2.75) is 84.2 Å². The molecular weight excluding hydrogens is 210 g/mol. The largest absolute Gasteiger partial charge is 0.300 e. The first-order valence-corrected chi connectivity index (χ1v) is 7.21. The number of nitrogens with zero attached hydrogens (tertiary/aromatic N) is 1. The lowest BCUT2D eigenvalue weighted by Crippen LogP contribution is -2.63. The van der Waals surface area contributed by atoms with Gasteiger partial charge in [-0.05, 0) is 33.2 Å². The molecule has 2 atom stereocenters. The number of Topliss-reactive ketones (excluding diaryl/α,β-unsaturated/α-hetero) is 1. The van der Waals surface area contributed by atoms with E-state index in [4.69, 9.17) is 0 Å². The van der Waals surface area contributed by atoms with Crippen LogP contribution in [-0.2, 0) is 4.79 Å². The van der Waals surface area contributed by atoms with Gasteiger partial charge in [0.05, 0.1) is 0 Å². The zero-order valence-electron chi connectivity index (χ0n) is 12.3. The van der Waals surface area contributed by atoms with Gasteiger partial charge in [-0.3, -0.25) is 9.69 Å². The monoisotopic (exact) mass is 239 g/mol. The van der Waals surface area contributed by atoms with Crippen molar-refractivity contribution in [1.29, 1.82) is 0 Å². The second-order valence-corrected chi connectivity index (χ2v) is 6.13. The Morgan fingerprint density at radius 1 is 1.00 bits per heavy atom. The Hall–Kier alpha value is -0.370. The topological polar surface area (TPSA) is 20.3 Å². The maximum absolute atomic E-state index is 12.1. The van der Waals surface area contributed by atoms with Crippen molar-refractivity contribution in [2.24, 2.45) is 0 Å². The zero-order valence-corrected chi connectivity index (χ0v) is 12.3. The lowest BCUT2D eigenvalue weighted by molar-refractivity contribution is -0.136. The van der Waals surface area contributed by atoms with E-state index in [-0.39, 0.29) is 11.1 Å². The van der Waals surface area contributed by atoms with Gasteiger partial charge in [-0.15, -0.1) is 0 Å². The molecule has 1 saturated heterocycles. The number of likely N-dealkylation sites (tertiary alicyclic amines) is 1. The summed E-state index contributed by atoms with van der Waals surface area (Å²) >= 11 is 0. The van der Waals surface area contributed by atoms with Crippen LogP contribution in [0.25, 0.3) is 0 Å². The molecule has 0 amide bonds. The first kappa shape index (κ1) is 14.7. The Bertz CT molecular complexity index is 252. The first-order chi connectivity index (χ1) is 7.91. The van der Waals surface area contributed by atoms with E-state index in [0.29, 0.717) is 5.78 Å². The molecule has 0 aliphatic carbocycles. The van der Waals surface area contributed by atoms with Gasteiger partial charge in [-0.25, -0.2) is 0 Å². The summed E-state index contributed by atoms with van der Waals surface area (Å²) in [7, 11) is 0. The zero-order chi connectivity index (χ0) is 13.1. The third-order valence-corrected chi connectivity index (χ3v) is 4.35. The lowest BCUT2D eigenvalue weighted by Gasteiger charge is -2.55. The summed E-state index contributed by atoms with van der Waals surface area (Å²) in [4.78, 5) is 14.7. The van der Waals surface area contributed by atoms with Crippen molar-refractivity contribution >= 4 is 5.78 Å². The van der Waals surface area contributed by atoms with E-state index in [9.17, 15) is 4.79 Å². The summed E-state index contributed by atoms with van der Waals surface area (Å²) in [6, 6.07) is 0. The molecule has 2 heteroatoms. The summed E-state index contributed by atoms with van der Waals surface area (Å²) < 4.78 is 0. The van der Waals surface area contributed by atoms with Crippen molar-refractivity contribution in [3.63, 3.8) is 0 Å². The third kappa shape index (κ3) is 2.90. The minimum absolute atomic E-state index is 0.0861. The fourth-order valence-corrected chi connectivity index (χ4v) is 4.04. The van der Waals surface area contributed by atoms with Gasteiger partial charge in [-0.1, -0.05) is 33.6 Å². The lowest BCUT2D eigenvalue weighted by atomic mass is 9.73. The van der Waals surface area contributed by atoms with Gasteiger partial charge in [0.2, 0.25) is 0 Å². The highest BCUT2D eigenvalue weighted by atomic mass is 16.1. The van der Waals surface area contributed by atoms with E-state index >= 15 is 0 Å². The van der Waals surface area contributed by atoms with Gasteiger partial charge in [0.25, 0.3) is 0 Å². The molecule has 0 saturated carbocycles. The average molecular weight is 239 g/mol. The van der Waals surface area contributed by atoms with Crippen molar-refractivity contribution in [3.8, 4) is 0 Å². The number of carbonyl (C=O) groups is 1. The van der Waals surface area contributed by atoms with Crippen molar-refractivity contribution in [1.82, 2.24) is 4.90 Å². The second-order valence-electron chi connectivity index (χ2n) is 6.13. The number of hydrogen-bond acceptors (Lipinski definition) is 2. The Labute approximate surface area is 107 Å². The Morgan fingerprint density at radius 2 is 1.41 bits per heavy atom. The predicted octanol–water partition coefficient (Wildman–Crippen LogP) is 3.79. The molecule has 0 spiro atoms. The molecule has 0 bridgehead atoms. The van der Waals surface area contributed by atoms with E-state index in [1.165, 1.54) is 0 Å². The molecule has 1 aliphatic rings. The van der Waals surface area contributed by atoms with E-state index in [1.54, 1.807) is 0 Å². The highest BCUT2D eigenvalue weighted by molar-refractivity contribution is 5.82. The molecule has 2 nitrogen and oxygen atoms in total. The molecule has 1 rings (SSSR count). The standard InChI is InChI=1S/C15H29NO/c1-6-9-14(4)11-13(17)12-15(5,10-7-2)16(14)8-3/h6-12H2,1-5H3. The first-order valence-electron chi connectivity index (χ1n) is 7.21. The predicted molar refractivity (Wildman–Crippen MR) is 73.2 cm³/mol. The molecule has 1 aliphatic heterocycles. The molecule has 0 aromatic heterocycles. The number of carbonyl (C=O) groups excluding carboxylic acids is 1. The Balaban J connectivity index is 3.02. The maximum atomic E-state index is 12.1. The minimum atomic E-state index is 0.0861. The SMILES string of the molecule is CCCC1(C)CC(=O)CC(C)(CCC)N1CC. The summed E-state index contributed by atoms with van der Waals surface area (Å²) in [6.45, 7) is 12.3. The van der Waals surface area contributed by atoms with Crippen LogP contribution in [0.3, 0.4) is 0 Å². The molecule has 1 fully saturated rings. The van der Waals surface area contributed by atoms with Gasteiger partial charge < -0.3 is 0 Å². The van der Waals surface area contributed by atoms with Crippen molar-refractivity contribution in [3.05, 3.63) is 0 Å². The van der Waals surface area contributed by atoms with E-state index in [1.807, 2.05) is 0 Å². The van der Waals surface area contributed by atoms with Crippen LogP contribution in [0.4, 0.5) is 0 Å². The van der Waals surface area contributed by atoms with Gasteiger partial charge in [-0.2, -0.15) is 0 Å². The smallest absolute Gasteiger partial charge is 0.136 e. The van der Waals surface area contributed by atoms with Crippen LogP contribution in [0.15, 0.2) is 0 Å². The number of hydrogen-bond donors (Lipinski definition) is 0. The fraction of sp³-hybridized carbons (Fsp3) is 0.933. The summed E-state index contributed by atoms with van der Waals surface area (Å²) in [5, 5.41) is 0. The summed E-state index contributed by atoms with van der Waals surface area (Å²) in [5.41, 5.74) is 0.172. The van der Waals surface area contributed by atoms with Gasteiger partial charge in [0.15, 0.2) is 0 Å². The molecule has 100 valence electrons. The van der Waals surface area contributed by atoms with Gasteiger partial charge in [0, 0.05) is 23.9 Å². The van der Waals surface area contributed by atoms with E-state index in [2.05, 4.69) is 39.5 Å². The van der Waals surface area contributed by atoms with Gasteiger partial charge >= 0.3 is 0 Å². The average Bonchev–Trinajstić information content (AvgIpc) is 2.16.